The van der Waals surface area contributed by atoms with Crippen molar-refractivity contribution < 1.29 is 4.79 Å². The van der Waals surface area contributed by atoms with Crippen molar-refractivity contribution >= 4 is 28.2 Å². The molecule has 0 bridgehead atoms. The largest absolute Gasteiger partial charge is 0.325 e. The van der Waals surface area contributed by atoms with E-state index in [1.54, 1.807) is 24.1 Å². The van der Waals surface area contributed by atoms with Crippen molar-refractivity contribution in [3.8, 4) is 0 Å². The zero-order valence-electron chi connectivity index (χ0n) is 11.0. The molecule has 0 saturated carbocycles. The van der Waals surface area contributed by atoms with Gasteiger partial charge in [-0.25, -0.2) is 4.79 Å². The highest BCUT2D eigenvalue weighted by Gasteiger charge is 2.09. The molecular weight excluding hydrogens is 264 g/mol. The Labute approximate surface area is 115 Å². The Morgan fingerprint density at radius 1 is 1.42 bits per heavy atom. The normalized spacial score (nSPS) is 10.7. The number of anilines is 2. The monoisotopic (exact) mass is 280 g/mol. The molecule has 8 heteroatoms. The molecule has 0 unspecified atom stereocenters. The molecular formula is C11H16N6OS. The number of carbonyl (C=O) groups excluding carboxylic acids is 1. The van der Waals surface area contributed by atoms with Crippen LogP contribution < -0.4 is 10.6 Å². The van der Waals surface area contributed by atoms with E-state index < -0.39 is 0 Å². The third-order valence-corrected chi connectivity index (χ3v) is 3.09. The molecule has 2 N–H and O–H groups in total. The van der Waals surface area contributed by atoms with E-state index in [4.69, 9.17) is 0 Å². The number of urea groups is 1. The van der Waals surface area contributed by atoms with Crippen molar-refractivity contribution in [3.63, 3.8) is 0 Å². The molecule has 0 aliphatic carbocycles. The SMILES string of the molecule is CC(C)Cc1nnc(NC(=O)Nc2cnn(C)c2)s1. The van der Waals surface area contributed by atoms with E-state index in [0.717, 1.165) is 11.4 Å². The highest BCUT2D eigenvalue weighted by atomic mass is 32.1. The maximum Gasteiger partial charge on any atom is 0.325 e. The van der Waals surface area contributed by atoms with Crippen LogP contribution in [0.2, 0.25) is 0 Å². The van der Waals surface area contributed by atoms with Crippen LogP contribution in [0.25, 0.3) is 0 Å². The molecule has 2 rings (SSSR count). The summed E-state index contributed by atoms with van der Waals surface area (Å²) in [6.07, 6.45) is 4.15. The minimum absolute atomic E-state index is 0.347. The lowest BCUT2D eigenvalue weighted by molar-refractivity contribution is 0.262. The van der Waals surface area contributed by atoms with Gasteiger partial charge in [-0.3, -0.25) is 10.00 Å². The number of hydrogen-bond acceptors (Lipinski definition) is 5. The molecule has 2 amide bonds. The summed E-state index contributed by atoms with van der Waals surface area (Å²) in [5.41, 5.74) is 0.631. The molecule has 0 fully saturated rings. The second-order valence-electron chi connectivity index (χ2n) is 4.58. The van der Waals surface area contributed by atoms with E-state index in [0.29, 0.717) is 16.7 Å². The van der Waals surface area contributed by atoms with Gasteiger partial charge in [0.25, 0.3) is 0 Å². The summed E-state index contributed by atoms with van der Waals surface area (Å²) in [5, 5.41) is 18.7. The van der Waals surface area contributed by atoms with Crippen LogP contribution in [0.15, 0.2) is 12.4 Å². The first kappa shape index (κ1) is 13.5. The number of amides is 2. The van der Waals surface area contributed by atoms with Crippen LogP contribution in [0.3, 0.4) is 0 Å². The fourth-order valence-corrected chi connectivity index (χ4v) is 2.43. The minimum atomic E-state index is -0.347. The summed E-state index contributed by atoms with van der Waals surface area (Å²) in [4.78, 5) is 11.7. The first-order valence-corrected chi connectivity index (χ1v) is 6.73. The van der Waals surface area contributed by atoms with E-state index in [-0.39, 0.29) is 6.03 Å². The Morgan fingerprint density at radius 2 is 2.21 bits per heavy atom. The first-order chi connectivity index (χ1) is 9.02. The fourth-order valence-electron chi connectivity index (χ4n) is 1.48. The maximum atomic E-state index is 11.7. The summed E-state index contributed by atoms with van der Waals surface area (Å²) in [6.45, 7) is 4.23. The molecule has 2 aromatic rings. The molecule has 0 spiro atoms. The zero-order valence-corrected chi connectivity index (χ0v) is 11.9. The van der Waals surface area contributed by atoms with Crippen LogP contribution >= 0.6 is 11.3 Å². The molecule has 0 aromatic carbocycles. The molecule has 102 valence electrons. The lowest BCUT2D eigenvalue weighted by atomic mass is 10.1. The van der Waals surface area contributed by atoms with Gasteiger partial charge in [-0.15, -0.1) is 10.2 Å². The summed E-state index contributed by atoms with van der Waals surface area (Å²) < 4.78 is 1.61. The van der Waals surface area contributed by atoms with Crippen LogP contribution in [-0.2, 0) is 13.5 Å². The van der Waals surface area contributed by atoms with Crippen LogP contribution in [-0.4, -0.2) is 26.0 Å². The number of hydrogen-bond donors (Lipinski definition) is 2. The number of rotatable bonds is 4. The summed E-state index contributed by atoms with van der Waals surface area (Å²) in [6, 6.07) is -0.347. The van der Waals surface area contributed by atoms with Gasteiger partial charge >= 0.3 is 6.03 Å². The minimum Gasteiger partial charge on any atom is -0.305 e. The molecule has 0 saturated heterocycles. The molecule has 7 nitrogen and oxygen atoms in total. The van der Waals surface area contributed by atoms with Gasteiger partial charge in [0.1, 0.15) is 5.01 Å². The molecule has 19 heavy (non-hydrogen) atoms. The maximum absolute atomic E-state index is 11.7. The average Bonchev–Trinajstić information content (AvgIpc) is 2.88. The molecule has 0 radical (unpaired) electrons. The van der Waals surface area contributed by atoms with Gasteiger partial charge in [0, 0.05) is 19.7 Å². The highest BCUT2D eigenvalue weighted by molar-refractivity contribution is 7.15. The highest BCUT2D eigenvalue weighted by Crippen LogP contribution is 2.18. The Bertz CT molecular complexity index is 561. The topological polar surface area (TPSA) is 84.7 Å². The van der Waals surface area contributed by atoms with Crippen LogP contribution in [0.1, 0.15) is 18.9 Å². The lowest BCUT2D eigenvalue weighted by Crippen LogP contribution is -2.18. The van der Waals surface area contributed by atoms with E-state index in [9.17, 15) is 4.79 Å². The molecule has 2 aromatic heterocycles. The van der Waals surface area contributed by atoms with Gasteiger partial charge in [0.05, 0.1) is 11.9 Å². The quantitative estimate of drug-likeness (QED) is 0.898. The number of nitrogens with one attached hydrogen (secondary N) is 2. The van der Waals surface area contributed by atoms with E-state index in [1.807, 2.05) is 0 Å². The number of aryl methyl sites for hydroxylation is 1. The van der Waals surface area contributed by atoms with Gasteiger partial charge in [0.15, 0.2) is 0 Å². The summed E-state index contributed by atoms with van der Waals surface area (Å²) >= 11 is 1.39. The number of aromatic nitrogens is 4. The van der Waals surface area contributed by atoms with E-state index >= 15 is 0 Å². The van der Waals surface area contributed by atoms with Crippen molar-refractivity contribution in [2.75, 3.05) is 10.6 Å². The third kappa shape index (κ3) is 4.02. The van der Waals surface area contributed by atoms with Crippen molar-refractivity contribution in [3.05, 3.63) is 17.4 Å². The Hall–Kier alpha value is -1.96. The number of carbonyl (C=O) groups is 1. The van der Waals surface area contributed by atoms with E-state index in [2.05, 4.69) is 39.8 Å². The van der Waals surface area contributed by atoms with Gasteiger partial charge in [-0.1, -0.05) is 25.2 Å². The van der Waals surface area contributed by atoms with Gasteiger partial charge in [-0.2, -0.15) is 5.10 Å². The van der Waals surface area contributed by atoms with E-state index in [1.165, 1.54) is 11.3 Å². The van der Waals surface area contributed by atoms with Gasteiger partial charge in [0.2, 0.25) is 5.13 Å². The Kier molecular flexibility index (Phi) is 4.10. The molecule has 0 atom stereocenters. The predicted octanol–water partition coefficient (Wildman–Crippen LogP) is 2.11. The fraction of sp³-hybridized carbons (Fsp3) is 0.455. The Morgan fingerprint density at radius 3 is 2.84 bits per heavy atom. The second-order valence-corrected chi connectivity index (χ2v) is 5.64. The summed E-state index contributed by atoms with van der Waals surface area (Å²) in [5.74, 6) is 0.519. The van der Waals surface area contributed by atoms with Gasteiger partial charge < -0.3 is 5.32 Å². The molecule has 0 aliphatic heterocycles. The molecule has 0 aliphatic rings. The van der Waals surface area contributed by atoms with Crippen LogP contribution in [0.5, 0.6) is 0 Å². The smallest absolute Gasteiger partial charge is 0.305 e. The van der Waals surface area contributed by atoms with Crippen molar-refractivity contribution in [1.29, 1.82) is 0 Å². The summed E-state index contributed by atoms with van der Waals surface area (Å²) in [7, 11) is 1.78. The van der Waals surface area contributed by atoms with Crippen LogP contribution in [0, 0.1) is 5.92 Å². The Balaban J connectivity index is 1.90. The average molecular weight is 280 g/mol. The first-order valence-electron chi connectivity index (χ1n) is 5.92. The third-order valence-electron chi connectivity index (χ3n) is 2.23. The zero-order chi connectivity index (χ0) is 13.8. The lowest BCUT2D eigenvalue weighted by Gasteiger charge is -2.01. The van der Waals surface area contributed by atoms with Crippen molar-refractivity contribution in [2.24, 2.45) is 13.0 Å². The van der Waals surface area contributed by atoms with Crippen molar-refractivity contribution in [2.45, 2.75) is 20.3 Å². The van der Waals surface area contributed by atoms with Crippen molar-refractivity contribution in [1.82, 2.24) is 20.0 Å². The van der Waals surface area contributed by atoms with Crippen LogP contribution in [0.4, 0.5) is 15.6 Å². The molecule has 2 heterocycles. The van der Waals surface area contributed by atoms with Gasteiger partial charge in [-0.05, 0) is 5.92 Å². The standard InChI is InChI=1S/C11H16N6OS/c1-7(2)4-9-15-16-11(19-9)14-10(18)13-8-5-12-17(3)6-8/h5-7H,4H2,1-3H3,(H2,13,14,16,18). The second kappa shape index (κ2) is 5.79. The predicted molar refractivity (Wildman–Crippen MR) is 74.3 cm³/mol. The number of nitrogens with zero attached hydrogens (tertiary/aromatic N) is 4.